The minimum absolute atomic E-state index is 0.672. The summed E-state index contributed by atoms with van der Waals surface area (Å²) in [5.41, 5.74) is 1.08. The van der Waals surface area contributed by atoms with Gasteiger partial charge in [0.1, 0.15) is 0 Å². The lowest BCUT2D eigenvalue weighted by Crippen LogP contribution is -1.99. The predicted molar refractivity (Wildman–Crippen MR) is 69.6 cm³/mol. The van der Waals surface area contributed by atoms with Crippen LogP contribution in [0.1, 0.15) is 10.6 Å². The Morgan fingerprint density at radius 3 is 2.94 bits per heavy atom. The second kappa shape index (κ2) is 6.13. The lowest BCUT2D eigenvalue weighted by atomic mass is 10.3. The molecule has 0 unspecified atom stereocenters. The zero-order valence-electron chi connectivity index (χ0n) is 8.73. The Labute approximate surface area is 107 Å². The average molecular weight is 298 g/mol. The summed E-state index contributed by atoms with van der Waals surface area (Å²) in [6, 6.07) is 7.98. The largest absolute Gasteiger partial charge is 0.375 e. The highest BCUT2D eigenvalue weighted by Crippen LogP contribution is 2.23. The standard InChI is InChI=1S/C12H12BrNOS/c13-11-5-8-16-12(11)9-15-7-4-10-3-1-2-6-14-10/h1-3,5-6,8H,4,7,9H2. The van der Waals surface area contributed by atoms with Gasteiger partial charge in [0.05, 0.1) is 13.2 Å². The normalized spacial score (nSPS) is 10.6. The molecule has 0 bridgehead atoms. The van der Waals surface area contributed by atoms with Gasteiger partial charge in [-0.3, -0.25) is 4.98 Å². The van der Waals surface area contributed by atoms with Crippen LogP contribution in [0.25, 0.3) is 0 Å². The molecule has 2 rings (SSSR count). The molecule has 2 aromatic heterocycles. The van der Waals surface area contributed by atoms with Crippen LogP contribution in [0.5, 0.6) is 0 Å². The number of rotatable bonds is 5. The Morgan fingerprint density at radius 1 is 1.31 bits per heavy atom. The number of ether oxygens (including phenoxy) is 1. The van der Waals surface area contributed by atoms with E-state index in [-0.39, 0.29) is 0 Å². The molecule has 0 aromatic carbocycles. The molecule has 0 N–H and O–H groups in total. The third-order valence-corrected chi connectivity index (χ3v) is 4.05. The monoisotopic (exact) mass is 297 g/mol. The first-order valence-electron chi connectivity index (χ1n) is 5.06. The first-order chi connectivity index (χ1) is 7.86. The van der Waals surface area contributed by atoms with E-state index in [1.807, 2.05) is 30.5 Å². The van der Waals surface area contributed by atoms with Crippen LogP contribution in [-0.2, 0) is 17.8 Å². The molecule has 2 nitrogen and oxygen atoms in total. The van der Waals surface area contributed by atoms with Gasteiger partial charge in [-0.25, -0.2) is 0 Å². The third kappa shape index (κ3) is 3.40. The van der Waals surface area contributed by atoms with Crippen molar-refractivity contribution in [2.75, 3.05) is 6.61 Å². The molecule has 0 aliphatic carbocycles. The van der Waals surface area contributed by atoms with Crippen molar-refractivity contribution in [2.45, 2.75) is 13.0 Å². The van der Waals surface area contributed by atoms with E-state index in [4.69, 9.17) is 4.74 Å². The number of hydrogen-bond acceptors (Lipinski definition) is 3. The van der Waals surface area contributed by atoms with E-state index in [2.05, 4.69) is 26.3 Å². The molecule has 4 heteroatoms. The summed E-state index contributed by atoms with van der Waals surface area (Å²) in [7, 11) is 0. The molecule has 0 spiro atoms. The zero-order chi connectivity index (χ0) is 11.2. The molecule has 0 saturated heterocycles. The van der Waals surface area contributed by atoms with Crippen LogP contribution in [0.3, 0.4) is 0 Å². The highest BCUT2D eigenvalue weighted by Gasteiger charge is 2.01. The van der Waals surface area contributed by atoms with Crippen LogP contribution in [0.15, 0.2) is 40.3 Å². The molecule has 16 heavy (non-hydrogen) atoms. The van der Waals surface area contributed by atoms with Gasteiger partial charge in [0.25, 0.3) is 0 Å². The van der Waals surface area contributed by atoms with Gasteiger partial charge in [-0.1, -0.05) is 6.07 Å². The first-order valence-corrected chi connectivity index (χ1v) is 6.73. The fraction of sp³-hybridized carbons (Fsp3) is 0.250. The van der Waals surface area contributed by atoms with Crippen molar-refractivity contribution in [1.82, 2.24) is 4.98 Å². The molecule has 0 radical (unpaired) electrons. The molecular weight excluding hydrogens is 286 g/mol. The summed E-state index contributed by atoms with van der Waals surface area (Å²) in [5.74, 6) is 0. The fourth-order valence-corrected chi connectivity index (χ4v) is 2.72. The topological polar surface area (TPSA) is 22.1 Å². The molecule has 0 atom stereocenters. The van der Waals surface area contributed by atoms with Crippen molar-refractivity contribution in [3.8, 4) is 0 Å². The van der Waals surface area contributed by atoms with Crippen molar-refractivity contribution >= 4 is 27.3 Å². The number of hydrogen-bond donors (Lipinski definition) is 0. The molecule has 0 saturated carbocycles. The Kier molecular flexibility index (Phi) is 4.51. The van der Waals surface area contributed by atoms with E-state index in [1.54, 1.807) is 11.3 Å². The van der Waals surface area contributed by atoms with E-state index < -0.39 is 0 Å². The van der Waals surface area contributed by atoms with Gasteiger partial charge in [-0.15, -0.1) is 11.3 Å². The van der Waals surface area contributed by atoms with Gasteiger partial charge in [-0.05, 0) is 39.5 Å². The smallest absolute Gasteiger partial charge is 0.0820 e. The maximum atomic E-state index is 5.60. The number of thiophene rings is 1. The number of aromatic nitrogens is 1. The fourth-order valence-electron chi connectivity index (χ4n) is 1.32. The summed E-state index contributed by atoms with van der Waals surface area (Å²) in [6.07, 6.45) is 2.68. The number of halogens is 1. The maximum absolute atomic E-state index is 5.60. The van der Waals surface area contributed by atoms with Crippen LogP contribution < -0.4 is 0 Å². The first kappa shape index (κ1) is 11.8. The van der Waals surface area contributed by atoms with Gasteiger partial charge in [-0.2, -0.15) is 0 Å². The van der Waals surface area contributed by atoms with Gasteiger partial charge in [0, 0.05) is 27.7 Å². The quantitative estimate of drug-likeness (QED) is 0.786. The Morgan fingerprint density at radius 2 is 2.25 bits per heavy atom. The second-order valence-corrected chi connectivity index (χ2v) is 5.17. The second-order valence-electron chi connectivity index (χ2n) is 3.32. The molecule has 0 amide bonds. The SMILES string of the molecule is Brc1ccsc1COCCc1ccccn1. The van der Waals surface area contributed by atoms with E-state index >= 15 is 0 Å². The summed E-state index contributed by atoms with van der Waals surface area (Å²) < 4.78 is 6.74. The van der Waals surface area contributed by atoms with Crippen molar-refractivity contribution in [2.24, 2.45) is 0 Å². The molecule has 2 heterocycles. The number of nitrogens with zero attached hydrogens (tertiary/aromatic N) is 1. The summed E-state index contributed by atoms with van der Waals surface area (Å²) >= 11 is 5.19. The van der Waals surface area contributed by atoms with Gasteiger partial charge in [0.15, 0.2) is 0 Å². The minimum atomic E-state index is 0.672. The van der Waals surface area contributed by atoms with E-state index in [9.17, 15) is 0 Å². The van der Waals surface area contributed by atoms with Crippen LogP contribution in [-0.4, -0.2) is 11.6 Å². The van der Waals surface area contributed by atoms with Crippen molar-refractivity contribution in [3.63, 3.8) is 0 Å². The van der Waals surface area contributed by atoms with Crippen LogP contribution in [0.2, 0.25) is 0 Å². The minimum Gasteiger partial charge on any atom is -0.375 e. The van der Waals surface area contributed by atoms with Crippen molar-refractivity contribution in [1.29, 1.82) is 0 Å². The van der Waals surface area contributed by atoms with Crippen molar-refractivity contribution < 1.29 is 4.74 Å². The number of pyridine rings is 1. The Bertz CT molecular complexity index is 430. The van der Waals surface area contributed by atoms with Crippen LogP contribution >= 0.6 is 27.3 Å². The van der Waals surface area contributed by atoms with E-state index in [1.165, 1.54) is 4.88 Å². The molecule has 0 aliphatic rings. The highest BCUT2D eigenvalue weighted by molar-refractivity contribution is 9.10. The van der Waals surface area contributed by atoms with Crippen LogP contribution in [0, 0.1) is 0 Å². The molecule has 84 valence electrons. The average Bonchev–Trinajstić information content (AvgIpc) is 2.72. The summed E-state index contributed by atoms with van der Waals surface area (Å²) in [5, 5.41) is 2.06. The lowest BCUT2D eigenvalue weighted by molar-refractivity contribution is 0.125. The van der Waals surface area contributed by atoms with E-state index in [0.29, 0.717) is 13.2 Å². The zero-order valence-corrected chi connectivity index (χ0v) is 11.1. The van der Waals surface area contributed by atoms with Gasteiger partial charge >= 0.3 is 0 Å². The Hall–Kier alpha value is -0.710. The van der Waals surface area contributed by atoms with Gasteiger partial charge in [0.2, 0.25) is 0 Å². The highest BCUT2D eigenvalue weighted by atomic mass is 79.9. The molecule has 0 fully saturated rings. The molecular formula is C12H12BrNOS. The van der Waals surface area contributed by atoms with E-state index in [0.717, 1.165) is 16.6 Å². The van der Waals surface area contributed by atoms with Crippen molar-refractivity contribution in [3.05, 3.63) is 50.9 Å². The summed E-state index contributed by atoms with van der Waals surface area (Å²) in [6.45, 7) is 1.38. The third-order valence-electron chi connectivity index (χ3n) is 2.15. The lowest BCUT2D eigenvalue weighted by Gasteiger charge is -2.02. The van der Waals surface area contributed by atoms with Gasteiger partial charge < -0.3 is 4.74 Å². The maximum Gasteiger partial charge on any atom is 0.0820 e. The Balaban J connectivity index is 1.72. The predicted octanol–water partition coefficient (Wildman–Crippen LogP) is 3.66. The molecule has 0 aliphatic heterocycles. The molecule has 2 aromatic rings. The van der Waals surface area contributed by atoms with Crippen LogP contribution in [0.4, 0.5) is 0 Å². The summed E-state index contributed by atoms with van der Waals surface area (Å²) in [4.78, 5) is 5.48.